The van der Waals surface area contributed by atoms with E-state index < -0.39 is 8.60 Å². The number of aromatic nitrogens is 1. The molecule has 0 unspecified atom stereocenters. The van der Waals surface area contributed by atoms with E-state index in [1.54, 1.807) is 24.3 Å². The molecule has 0 saturated heterocycles. The molecular weight excluding hydrogens is 321 g/mol. The first-order valence-electron chi connectivity index (χ1n) is 6.48. The van der Waals surface area contributed by atoms with E-state index in [9.17, 15) is 9.90 Å². The van der Waals surface area contributed by atoms with Crippen molar-refractivity contribution in [1.82, 2.24) is 4.98 Å². The summed E-state index contributed by atoms with van der Waals surface area (Å²) in [7, 11) is -2.62. The highest BCUT2D eigenvalue weighted by atomic mass is 31.2. The Labute approximate surface area is 133 Å². The minimum Gasteiger partial charge on any atom is -0.505 e. The molecule has 2 rings (SSSR count). The van der Waals surface area contributed by atoms with Crippen LogP contribution < -0.4 is 0 Å². The Bertz CT molecular complexity index is 722. The van der Waals surface area contributed by atoms with Crippen molar-refractivity contribution in [3.05, 3.63) is 47.2 Å². The molecule has 0 saturated carbocycles. The summed E-state index contributed by atoms with van der Waals surface area (Å²) in [6.45, 7) is 1.16. The average Bonchev–Trinajstić information content (AvgIpc) is 2.55. The zero-order valence-corrected chi connectivity index (χ0v) is 13.0. The maximum atomic E-state index is 11.2. The van der Waals surface area contributed by atoms with E-state index in [4.69, 9.17) is 14.3 Å². The van der Waals surface area contributed by atoms with Crippen molar-refractivity contribution in [2.45, 2.75) is 13.5 Å². The molecule has 0 aliphatic rings. The Morgan fingerprint density at radius 2 is 1.96 bits per heavy atom. The maximum absolute atomic E-state index is 11.2. The van der Waals surface area contributed by atoms with Gasteiger partial charge in [-0.25, -0.2) is 4.98 Å². The van der Waals surface area contributed by atoms with Crippen molar-refractivity contribution >= 4 is 26.4 Å². The molecule has 0 aliphatic carbocycles. The molecule has 0 aliphatic heterocycles. The lowest BCUT2D eigenvalue weighted by atomic mass is 10.1. The van der Waals surface area contributed by atoms with Crippen LogP contribution in [-0.4, -0.2) is 26.2 Å². The van der Waals surface area contributed by atoms with Crippen LogP contribution in [-0.2, 0) is 11.1 Å². The Morgan fingerprint density at radius 3 is 2.57 bits per heavy atom. The van der Waals surface area contributed by atoms with Gasteiger partial charge in [-0.2, -0.15) is 0 Å². The minimum absolute atomic E-state index is 0.0584. The number of carbonyl (C=O) groups is 1. The number of pyridine rings is 1. The van der Waals surface area contributed by atoms with Crippen LogP contribution in [0.2, 0.25) is 0 Å². The number of hydrogen-bond donors (Lipinski definition) is 3. The maximum Gasteiger partial charge on any atom is 0.327 e. The third-order valence-corrected chi connectivity index (χ3v) is 3.29. The summed E-state index contributed by atoms with van der Waals surface area (Å²) < 4.78 is 4.72. The quantitative estimate of drug-likeness (QED) is 0.423. The van der Waals surface area contributed by atoms with E-state index in [-0.39, 0.29) is 35.0 Å². The highest BCUT2D eigenvalue weighted by Crippen LogP contribution is 2.34. The monoisotopic (exact) mass is 335 g/mol. The van der Waals surface area contributed by atoms with E-state index in [1.165, 1.54) is 6.92 Å². The molecule has 23 heavy (non-hydrogen) atoms. The normalized spacial score (nSPS) is 11.3. The molecule has 2 aromatic rings. The largest absolute Gasteiger partial charge is 0.505 e. The molecule has 0 amide bonds. The second-order valence-corrected chi connectivity index (χ2v) is 5.20. The first-order chi connectivity index (χ1) is 11.0. The predicted molar refractivity (Wildman–Crippen MR) is 82.8 cm³/mol. The van der Waals surface area contributed by atoms with Crippen LogP contribution in [0.4, 0.5) is 11.5 Å². The smallest absolute Gasteiger partial charge is 0.327 e. The molecule has 0 radical (unpaired) electrons. The van der Waals surface area contributed by atoms with Crippen molar-refractivity contribution < 1.29 is 24.2 Å². The molecule has 0 spiro atoms. The van der Waals surface area contributed by atoms with Gasteiger partial charge in [0.15, 0.2) is 12.1 Å². The predicted octanol–water partition coefficient (Wildman–Crippen LogP) is 3.05. The molecule has 1 heterocycles. The van der Waals surface area contributed by atoms with E-state index in [1.807, 2.05) is 6.07 Å². The van der Waals surface area contributed by atoms with Crippen molar-refractivity contribution in [3.8, 4) is 5.75 Å². The van der Waals surface area contributed by atoms with Crippen molar-refractivity contribution in [3.63, 3.8) is 0 Å². The Balaban J connectivity index is 2.45. The second kappa shape index (κ2) is 7.85. The van der Waals surface area contributed by atoms with E-state index in [0.717, 1.165) is 0 Å². The molecule has 8 nitrogen and oxygen atoms in total. The number of benzene rings is 1. The molecule has 1 aromatic heterocycles. The van der Waals surface area contributed by atoms with Crippen LogP contribution in [0.1, 0.15) is 21.6 Å². The van der Waals surface area contributed by atoms with Gasteiger partial charge in [0.1, 0.15) is 5.75 Å². The summed E-state index contributed by atoms with van der Waals surface area (Å²) >= 11 is 0. The topological polar surface area (TPSA) is 125 Å². The molecule has 9 heteroatoms. The van der Waals surface area contributed by atoms with Gasteiger partial charge in [-0.05, 0) is 19.1 Å². The van der Waals surface area contributed by atoms with Gasteiger partial charge in [-0.15, -0.1) is 10.2 Å². The van der Waals surface area contributed by atoms with Crippen LogP contribution in [0, 0.1) is 6.92 Å². The lowest BCUT2D eigenvalue weighted by Gasteiger charge is -2.11. The number of aryl methyl sites for hydroxylation is 1. The molecular formula is C14H14N3O5P. The minimum atomic E-state index is -2.62. The first kappa shape index (κ1) is 17.1. The molecule has 0 atom stereocenters. The van der Waals surface area contributed by atoms with E-state index in [0.29, 0.717) is 12.0 Å². The van der Waals surface area contributed by atoms with Gasteiger partial charge >= 0.3 is 8.60 Å². The fourth-order valence-corrected chi connectivity index (χ4v) is 2.06. The zero-order valence-electron chi connectivity index (χ0n) is 12.1. The second-order valence-electron chi connectivity index (χ2n) is 4.44. The first-order valence-corrected chi connectivity index (χ1v) is 7.64. The fourth-order valence-electron chi connectivity index (χ4n) is 1.81. The number of carbonyl (C=O) groups excluding carboxylic acids is 1. The Hall–Kier alpha value is -2.25. The van der Waals surface area contributed by atoms with Gasteiger partial charge in [0, 0.05) is 5.56 Å². The molecule has 0 fully saturated rings. The lowest BCUT2D eigenvalue weighted by Crippen LogP contribution is -2.00. The van der Waals surface area contributed by atoms with Crippen LogP contribution in [0.25, 0.3) is 0 Å². The lowest BCUT2D eigenvalue weighted by molar-refractivity contribution is 0.111. The molecule has 3 N–H and O–H groups in total. The van der Waals surface area contributed by atoms with Crippen LogP contribution in [0.5, 0.6) is 5.75 Å². The van der Waals surface area contributed by atoms with Gasteiger partial charge in [-0.3, -0.25) is 4.79 Å². The van der Waals surface area contributed by atoms with Gasteiger partial charge in [0.25, 0.3) is 0 Å². The summed E-state index contributed by atoms with van der Waals surface area (Å²) in [6.07, 6.45) is 0.432. The van der Waals surface area contributed by atoms with Gasteiger partial charge < -0.3 is 19.4 Å². The molecule has 120 valence electrons. The summed E-state index contributed by atoms with van der Waals surface area (Å²) in [6, 6.07) is 8.87. The van der Waals surface area contributed by atoms with Gasteiger partial charge in [-0.1, -0.05) is 18.2 Å². The number of nitrogens with zero attached hydrogens (tertiary/aromatic N) is 3. The number of hydrogen-bond acceptors (Lipinski definition) is 8. The summed E-state index contributed by atoms with van der Waals surface area (Å²) in [4.78, 5) is 33.1. The number of aromatic hydroxyl groups is 1. The SMILES string of the molecule is Cc1nc(N=Nc2ccccc2)c(COP(O)O)c(C=O)c1O. The average molecular weight is 335 g/mol. The summed E-state index contributed by atoms with van der Waals surface area (Å²) in [5, 5.41) is 17.9. The van der Waals surface area contributed by atoms with Crippen molar-refractivity contribution in [1.29, 1.82) is 0 Å². The Kier molecular flexibility index (Phi) is 5.84. The zero-order chi connectivity index (χ0) is 16.8. The highest BCUT2D eigenvalue weighted by molar-refractivity contribution is 7.39. The van der Waals surface area contributed by atoms with Gasteiger partial charge in [0.05, 0.1) is 23.6 Å². The van der Waals surface area contributed by atoms with Crippen LogP contribution in [0.3, 0.4) is 0 Å². The third-order valence-electron chi connectivity index (χ3n) is 2.93. The van der Waals surface area contributed by atoms with Crippen LogP contribution in [0.15, 0.2) is 40.6 Å². The number of azo groups is 1. The van der Waals surface area contributed by atoms with Gasteiger partial charge in [0.2, 0.25) is 0 Å². The number of rotatable bonds is 6. The summed E-state index contributed by atoms with van der Waals surface area (Å²) in [5.41, 5.74) is 0.828. The van der Waals surface area contributed by atoms with E-state index in [2.05, 4.69) is 15.2 Å². The van der Waals surface area contributed by atoms with Crippen molar-refractivity contribution in [2.24, 2.45) is 10.2 Å². The highest BCUT2D eigenvalue weighted by Gasteiger charge is 2.18. The standard InChI is InChI=1S/C14H14N3O5P/c1-9-13(19)11(7-18)12(8-22-23(20)21)14(15-9)17-16-10-5-3-2-4-6-10/h2-7,19-21H,8H2,1H3. The summed E-state index contributed by atoms with van der Waals surface area (Å²) in [5.74, 6) is -0.249. The van der Waals surface area contributed by atoms with Crippen LogP contribution >= 0.6 is 8.60 Å². The van der Waals surface area contributed by atoms with Crippen molar-refractivity contribution in [2.75, 3.05) is 0 Å². The third kappa shape index (κ3) is 4.37. The Morgan fingerprint density at radius 1 is 1.26 bits per heavy atom. The fraction of sp³-hybridized carbons (Fsp3) is 0.143. The van der Waals surface area contributed by atoms with E-state index >= 15 is 0 Å². The molecule has 1 aromatic carbocycles. The number of aldehydes is 1. The molecule has 0 bridgehead atoms.